The third-order valence-electron chi connectivity index (χ3n) is 11.9. The van der Waals surface area contributed by atoms with Crippen LogP contribution >= 0.6 is 0 Å². The van der Waals surface area contributed by atoms with Crippen molar-refractivity contribution < 1.29 is 4.42 Å². The van der Waals surface area contributed by atoms with Gasteiger partial charge in [-0.3, -0.25) is 0 Å². The molecule has 0 radical (unpaired) electrons. The van der Waals surface area contributed by atoms with E-state index in [1.54, 1.807) is 0 Å². The zero-order chi connectivity index (χ0) is 42.0. The van der Waals surface area contributed by atoms with Crippen LogP contribution in [0, 0.1) is 0 Å². The minimum absolute atomic E-state index is 0.848. The van der Waals surface area contributed by atoms with E-state index in [2.05, 4.69) is 252 Å². The molecule has 0 aliphatic heterocycles. The molecule has 1 aromatic heterocycles. The highest BCUT2D eigenvalue weighted by Gasteiger charge is 2.22. The summed E-state index contributed by atoms with van der Waals surface area (Å²) in [5.41, 5.74) is 17.3. The molecular weight excluding hydrogens is 765 g/mol. The zero-order valence-electron chi connectivity index (χ0n) is 34.6. The topological polar surface area (TPSA) is 19.6 Å². The molecule has 298 valence electrons. The van der Waals surface area contributed by atoms with Gasteiger partial charge in [0, 0.05) is 39.1 Å². The second-order valence-electron chi connectivity index (χ2n) is 15.7. The van der Waals surface area contributed by atoms with Gasteiger partial charge in [0.1, 0.15) is 5.58 Å². The lowest BCUT2D eigenvalue weighted by atomic mass is 9.99. The van der Waals surface area contributed by atoms with Gasteiger partial charge in [0.05, 0.1) is 11.4 Å². The van der Waals surface area contributed by atoms with E-state index in [9.17, 15) is 0 Å². The second-order valence-corrected chi connectivity index (χ2v) is 15.7. The van der Waals surface area contributed by atoms with Gasteiger partial charge in [0.2, 0.25) is 0 Å². The molecule has 10 aromatic carbocycles. The summed E-state index contributed by atoms with van der Waals surface area (Å²) in [6.07, 6.45) is 0. The summed E-state index contributed by atoms with van der Waals surface area (Å²) in [6, 6.07) is 90.7. The van der Waals surface area contributed by atoms with Crippen LogP contribution in [0.4, 0.5) is 34.1 Å². The highest BCUT2D eigenvalue weighted by molar-refractivity contribution is 6.10. The van der Waals surface area contributed by atoms with Crippen molar-refractivity contribution >= 4 is 56.1 Å². The first-order valence-electron chi connectivity index (χ1n) is 21.4. The van der Waals surface area contributed by atoms with Crippen LogP contribution in [0.1, 0.15) is 0 Å². The summed E-state index contributed by atoms with van der Waals surface area (Å²) in [5, 5.41) is 2.19. The first kappa shape index (κ1) is 37.6. The molecule has 0 atom stereocenters. The van der Waals surface area contributed by atoms with E-state index in [4.69, 9.17) is 4.42 Å². The molecule has 0 aliphatic rings. The molecule has 3 nitrogen and oxygen atoms in total. The third-order valence-corrected chi connectivity index (χ3v) is 11.9. The Morgan fingerprint density at radius 1 is 0.254 bits per heavy atom. The van der Waals surface area contributed by atoms with Crippen molar-refractivity contribution in [3.8, 4) is 44.5 Å². The molecule has 0 N–H and O–H groups in total. The lowest BCUT2D eigenvalue weighted by Gasteiger charge is -2.29. The average Bonchev–Trinajstić information content (AvgIpc) is 3.76. The fourth-order valence-corrected chi connectivity index (χ4v) is 8.79. The third kappa shape index (κ3) is 7.32. The maximum absolute atomic E-state index is 6.69. The zero-order valence-corrected chi connectivity index (χ0v) is 34.6. The Hall–Kier alpha value is -8.40. The number of para-hydroxylation sites is 3. The van der Waals surface area contributed by atoms with Gasteiger partial charge in [-0.1, -0.05) is 188 Å². The molecule has 1 heterocycles. The number of rotatable bonds is 10. The largest absolute Gasteiger partial charge is 0.454 e. The molecule has 0 aliphatic carbocycles. The van der Waals surface area contributed by atoms with Gasteiger partial charge in [-0.25, -0.2) is 0 Å². The highest BCUT2D eigenvalue weighted by atomic mass is 16.3. The summed E-state index contributed by atoms with van der Waals surface area (Å²) >= 11 is 0. The van der Waals surface area contributed by atoms with Gasteiger partial charge in [-0.15, -0.1) is 0 Å². The fraction of sp³-hybridized carbons (Fsp3) is 0. The second kappa shape index (κ2) is 16.6. The first-order chi connectivity index (χ1) is 31.2. The monoisotopic (exact) mass is 806 g/mol. The van der Waals surface area contributed by atoms with Crippen molar-refractivity contribution in [2.75, 3.05) is 9.80 Å². The van der Waals surface area contributed by atoms with E-state index >= 15 is 0 Å². The molecule has 63 heavy (non-hydrogen) atoms. The molecule has 0 saturated heterocycles. The molecule has 3 heteroatoms. The lowest BCUT2D eigenvalue weighted by molar-refractivity contribution is 0.669. The van der Waals surface area contributed by atoms with Crippen LogP contribution in [0.2, 0.25) is 0 Å². The van der Waals surface area contributed by atoms with Crippen molar-refractivity contribution in [2.24, 2.45) is 0 Å². The Balaban J connectivity index is 1.05. The van der Waals surface area contributed by atoms with Gasteiger partial charge in [-0.05, 0) is 106 Å². The lowest BCUT2D eigenvalue weighted by Crippen LogP contribution is -2.12. The van der Waals surface area contributed by atoms with E-state index in [1.165, 1.54) is 27.8 Å². The maximum Gasteiger partial charge on any atom is 0.159 e. The molecular formula is C60H42N2O. The quantitative estimate of drug-likeness (QED) is 0.137. The number of benzene rings is 10. The fourth-order valence-electron chi connectivity index (χ4n) is 8.79. The minimum atomic E-state index is 0.848. The van der Waals surface area contributed by atoms with Crippen molar-refractivity contribution in [2.45, 2.75) is 0 Å². The van der Waals surface area contributed by atoms with Gasteiger partial charge < -0.3 is 14.2 Å². The van der Waals surface area contributed by atoms with Crippen molar-refractivity contribution in [1.29, 1.82) is 0 Å². The van der Waals surface area contributed by atoms with Gasteiger partial charge in [0.25, 0.3) is 0 Å². The minimum Gasteiger partial charge on any atom is -0.454 e. The van der Waals surface area contributed by atoms with Crippen LogP contribution in [-0.4, -0.2) is 0 Å². The Kier molecular flexibility index (Phi) is 9.89. The number of hydrogen-bond acceptors (Lipinski definition) is 3. The van der Waals surface area contributed by atoms with Crippen molar-refractivity contribution in [3.63, 3.8) is 0 Å². The normalized spacial score (nSPS) is 11.2. The summed E-state index contributed by atoms with van der Waals surface area (Å²) in [5.74, 6) is 0. The molecule has 0 saturated carbocycles. The SMILES string of the molecule is c1ccc(-c2ccc(N(c3ccc(-c4ccccc4)cc3)c3ccccc3-c3cccc(N(c4ccc(-c5ccccc5)cc4)c4cccc5c4oc4ccccc45)c3)cc2)cc1. The molecule has 0 spiro atoms. The summed E-state index contributed by atoms with van der Waals surface area (Å²) in [7, 11) is 0. The Labute approximate surface area is 368 Å². The Morgan fingerprint density at radius 3 is 1.21 bits per heavy atom. The predicted octanol–water partition coefficient (Wildman–Crippen LogP) is 17.2. The van der Waals surface area contributed by atoms with Crippen LogP contribution in [0.25, 0.3) is 66.4 Å². The Bertz CT molecular complexity index is 3220. The van der Waals surface area contributed by atoms with E-state index in [0.29, 0.717) is 0 Å². The number of furan rings is 1. The molecule has 0 unspecified atom stereocenters. The van der Waals surface area contributed by atoms with Crippen LogP contribution in [0.15, 0.2) is 259 Å². The van der Waals surface area contributed by atoms with E-state index in [0.717, 1.165) is 72.8 Å². The first-order valence-corrected chi connectivity index (χ1v) is 21.4. The maximum atomic E-state index is 6.69. The van der Waals surface area contributed by atoms with Crippen LogP contribution in [-0.2, 0) is 0 Å². The number of nitrogens with zero attached hydrogens (tertiary/aromatic N) is 2. The molecule has 11 aromatic rings. The summed E-state index contributed by atoms with van der Waals surface area (Å²) < 4.78 is 6.69. The number of fused-ring (bicyclic) bond motifs is 3. The molecule has 0 fully saturated rings. The number of hydrogen-bond donors (Lipinski definition) is 0. The summed E-state index contributed by atoms with van der Waals surface area (Å²) in [4.78, 5) is 4.70. The van der Waals surface area contributed by atoms with Crippen LogP contribution < -0.4 is 9.80 Å². The van der Waals surface area contributed by atoms with Gasteiger partial charge in [0.15, 0.2) is 5.58 Å². The van der Waals surface area contributed by atoms with E-state index in [-0.39, 0.29) is 0 Å². The predicted molar refractivity (Wildman–Crippen MR) is 265 cm³/mol. The van der Waals surface area contributed by atoms with Crippen LogP contribution in [0.5, 0.6) is 0 Å². The summed E-state index contributed by atoms with van der Waals surface area (Å²) in [6.45, 7) is 0. The average molecular weight is 807 g/mol. The van der Waals surface area contributed by atoms with Crippen LogP contribution in [0.3, 0.4) is 0 Å². The van der Waals surface area contributed by atoms with Crippen molar-refractivity contribution in [3.05, 3.63) is 255 Å². The Morgan fingerprint density at radius 2 is 0.651 bits per heavy atom. The molecule has 11 rings (SSSR count). The number of anilines is 6. The molecule has 0 amide bonds. The van der Waals surface area contributed by atoms with Gasteiger partial charge >= 0.3 is 0 Å². The van der Waals surface area contributed by atoms with Crippen molar-refractivity contribution in [1.82, 2.24) is 0 Å². The standard InChI is InChI=1S/C60H42N2O/c1-4-16-43(17-5-1)46-30-36-50(37-31-46)61(51-38-32-47(33-39-51)44-18-6-2-7-19-44)57-27-12-10-24-54(57)49-22-14-23-53(42-49)62(52-40-34-48(35-41-52)45-20-8-3-9-21-45)58-28-15-26-56-55-25-11-13-29-59(55)63-60(56)58/h1-42H. The van der Waals surface area contributed by atoms with E-state index < -0.39 is 0 Å². The van der Waals surface area contributed by atoms with E-state index in [1.807, 2.05) is 12.1 Å². The highest BCUT2D eigenvalue weighted by Crippen LogP contribution is 2.46. The smallest absolute Gasteiger partial charge is 0.159 e. The van der Waals surface area contributed by atoms with Gasteiger partial charge in [-0.2, -0.15) is 0 Å². The molecule has 0 bridgehead atoms.